The zero-order valence-corrected chi connectivity index (χ0v) is 13.0. The first kappa shape index (κ1) is 14.7. The van der Waals surface area contributed by atoms with E-state index in [1.165, 1.54) is 13.0 Å². The third-order valence-corrected chi connectivity index (χ3v) is 4.01. The van der Waals surface area contributed by atoms with Crippen LogP contribution in [-0.2, 0) is 0 Å². The average molecular weight is 325 g/mol. The zero-order valence-electron chi connectivity index (χ0n) is 11.4. The minimum Gasteiger partial charge on any atom is -0.301 e. The molecule has 0 spiro atoms. The standard InChI is InChI=1S/C15H21BrN2O/c1-2-6-17-7-9-18(10-8-17)12-15(19)13-4-3-5-14(16)11-13/h3-5,11H,2,6-10,12H2,1H3. The molecule has 1 aliphatic heterocycles. The van der Waals surface area contributed by atoms with Crippen molar-refractivity contribution in [3.05, 3.63) is 34.3 Å². The van der Waals surface area contributed by atoms with Crippen LogP contribution in [0.3, 0.4) is 0 Å². The van der Waals surface area contributed by atoms with Gasteiger partial charge in [-0.1, -0.05) is 35.0 Å². The minimum absolute atomic E-state index is 0.213. The number of nitrogens with zero attached hydrogens (tertiary/aromatic N) is 2. The molecule has 1 fully saturated rings. The highest BCUT2D eigenvalue weighted by atomic mass is 79.9. The number of carbonyl (C=O) groups excluding carboxylic acids is 1. The van der Waals surface area contributed by atoms with Crippen LogP contribution in [0.15, 0.2) is 28.7 Å². The fraction of sp³-hybridized carbons (Fsp3) is 0.533. The van der Waals surface area contributed by atoms with E-state index in [1.807, 2.05) is 24.3 Å². The van der Waals surface area contributed by atoms with Gasteiger partial charge in [-0.15, -0.1) is 0 Å². The highest BCUT2D eigenvalue weighted by Crippen LogP contribution is 2.13. The van der Waals surface area contributed by atoms with Gasteiger partial charge in [0.05, 0.1) is 6.54 Å². The molecule has 0 atom stereocenters. The Hall–Kier alpha value is -0.710. The molecule has 0 aromatic heterocycles. The Morgan fingerprint density at radius 2 is 1.89 bits per heavy atom. The normalized spacial score (nSPS) is 17.6. The van der Waals surface area contributed by atoms with Gasteiger partial charge < -0.3 is 4.90 Å². The molecular formula is C15H21BrN2O. The van der Waals surface area contributed by atoms with Crippen molar-refractivity contribution in [1.29, 1.82) is 0 Å². The summed E-state index contributed by atoms with van der Waals surface area (Å²) in [6, 6.07) is 7.65. The molecule has 1 aromatic rings. The fourth-order valence-electron chi connectivity index (χ4n) is 2.44. The van der Waals surface area contributed by atoms with Crippen molar-refractivity contribution in [2.24, 2.45) is 0 Å². The highest BCUT2D eigenvalue weighted by molar-refractivity contribution is 9.10. The number of rotatable bonds is 5. The van der Waals surface area contributed by atoms with Crippen LogP contribution < -0.4 is 0 Å². The van der Waals surface area contributed by atoms with Gasteiger partial charge in [0, 0.05) is 36.2 Å². The van der Waals surface area contributed by atoms with Gasteiger partial charge in [-0.25, -0.2) is 0 Å². The maximum Gasteiger partial charge on any atom is 0.176 e. The van der Waals surface area contributed by atoms with E-state index in [9.17, 15) is 4.79 Å². The second-order valence-electron chi connectivity index (χ2n) is 5.05. The molecule has 0 saturated carbocycles. The van der Waals surface area contributed by atoms with Crippen LogP contribution >= 0.6 is 15.9 Å². The van der Waals surface area contributed by atoms with Crippen LogP contribution in [0.5, 0.6) is 0 Å². The molecule has 0 unspecified atom stereocenters. The molecule has 1 saturated heterocycles. The van der Waals surface area contributed by atoms with Gasteiger partial charge in [0.15, 0.2) is 5.78 Å². The van der Waals surface area contributed by atoms with Gasteiger partial charge in [0.25, 0.3) is 0 Å². The molecule has 0 aliphatic carbocycles. The first-order valence-electron chi connectivity index (χ1n) is 6.92. The van der Waals surface area contributed by atoms with E-state index in [0.717, 1.165) is 36.2 Å². The summed E-state index contributed by atoms with van der Waals surface area (Å²) >= 11 is 3.41. The smallest absolute Gasteiger partial charge is 0.176 e. The number of halogens is 1. The van der Waals surface area contributed by atoms with Gasteiger partial charge in [0.2, 0.25) is 0 Å². The largest absolute Gasteiger partial charge is 0.301 e. The quantitative estimate of drug-likeness (QED) is 0.778. The number of Topliss-reactive ketones (excluding diaryl/α,β-unsaturated/α-hetero) is 1. The van der Waals surface area contributed by atoms with Crippen LogP contribution in [-0.4, -0.2) is 54.9 Å². The Morgan fingerprint density at radius 3 is 2.53 bits per heavy atom. The van der Waals surface area contributed by atoms with Crippen LogP contribution in [0.25, 0.3) is 0 Å². The Balaban J connectivity index is 1.84. The van der Waals surface area contributed by atoms with Crippen LogP contribution in [0.2, 0.25) is 0 Å². The lowest BCUT2D eigenvalue weighted by molar-refractivity contribution is 0.0853. The SMILES string of the molecule is CCCN1CCN(CC(=O)c2cccc(Br)c2)CC1. The number of piperazine rings is 1. The predicted molar refractivity (Wildman–Crippen MR) is 81.6 cm³/mol. The minimum atomic E-state index is 0.213. The summed E-state index contributed by atoms with van der Waals surface area (Å²) < 4.78 is 0.964. The summed E-state index contributed by atoms with van der Waals surface area (Å²) in [7, 11) is 0. The van der Waals surface area contributed by atoms with Crippen LogP contribution in [0, 0.1) is 0 Å². The van der Waals surface area contributed by atoms with E-state index >= 15 is 0 Å². The van der Waals surface area contributed by atoms with Crippen molar-refractivity contribution in [2.75, 3.05) is 39.3 Å². The first-order chi connectivity index (χ1) is 9.19. The Labute approximate surface area is 123 Å². The van der Waals surface area contributed by atoms with Gasteiger partial charge in [0.1, 0.15) is 0 Å². The Bertz CT molecular complexity index is 428. The molecule has 0 bridgehead atoms. The number of benzene rings is 1. The molecule has 3 nitrogen and oxygen atoms in total. The Kier molecular flexibility index (Phi) is 5.55. The van der Waals surface area contributed by atoms with Crippen molar-refractivity contribution in [1.82, 2.24) is 9.80 Å². The molecule has 0 amide bonds. The summed E-state index contributed by atoms with van der Waals surface area (Å²) in [6.07, 6.45) is 1.21. The van der Waals surface area contributed by atoms with E-state index in [0.29, 0.717) is 6.54 Å². The van der Waals surface area contributed by atoms with E-state index in [4.69, 9.17) is 0 Å². The number of hydrogen-bond donors (Lipinski definition) is 0. The van der Waals surface area contributed by atoms with Crippen LogP contribution in [0.1, 0.15) is 23.7 Å². The van der Waals surface area contributed by atoms with Gasteiger partial charge in [-0.05, 0) is 25.1 Å². The van der Waals surface area contributed by atoms with E-state index in [-0.39, 0.29) is 5.78 Å². The summed E-state index contributed by atoms with van der Waals surface area (Å²) in [5.41, 5.74) is 0.797. The van der Waals surface area contributed by atoms with E-state index < -0.39 is 0 Å². The van der Waals surface area contributed by atoms with E-state index in [1.54, 1.807) is 0 Å². The lowest BCUT2D eigenvalue weighted by Crippen LogP contribution is -2.47. The summed E-state index contributed by atoms with van der Waals surface area (Å²) in [4.78, 5) is 16.9. The van der Waals surface area contributed by atoms with Crippen molar-refractivity contribution >= 4 is 21.7 Å². The van der Waals surface area contributed by atoms with Gasteiger partial charge in [-0.3, -0.25) is 9.69 Å². The summed E-state index contributed by atoms with van der Waals surface area (Å²) in [5.74, 6) is 0.213. The number of ketones is 1. The molecule has 1 aliphatic rings. The fourth-order valence-corrected chi connectivity index (χ4v) is 2.84. The zero-order chi connectivity index (χ0) is 13.7. The maximum atomic E-state index is 12.2. The number of carbonyl (C=O) groups is 1. The first-order valence-corrected chi connectivity index (χ1v) is 7.72. The Morgan fingerprint density at radius 1 is 1.21 bits per heavy atom. The van der Waals surface area contributed by atoms with Crippen LogP contribution in [0.4, 0.5) is 0 Å². The average Bonchev–Trinajstić information content (AvgIpc) is 2.41. The number of hydrogen-bond acceptors (Lipinski definition) is 3. The van der Waals surface area contributed by atoms with Gasteiger partial charge in [-0.2, -0.15) is 0 Å². The molecular weight excluding hydrogens is 304 g/mol. The molecule has 1 heterocycles. The van der Waals surface area contributed by atoms with Crippen molar-refractivity contribution in [3.63, 3.8) is 0 Å². The monoisotopic (exact) mass is 324 g/mol. The molecule has 4 heteroatoms. The predicted octanol–water partition coefficient (Wildman–Crippen LogP) is 2.66. The molecule has 0 radical (unpaired) electrons. The van der Waals surface area contributed by atoms with Crippen molar-refractivity contribution in [3.8, 4) is 0 Å². The summed E-state index contributed by atoms with van der Waals surface area (Å²) in [6.45, 7) is 8.09. The maximum absolute atomic E-state index is 12.2. The third kappa shape index (κ3) is 4.41. The third-order valence-electron chi connectivity index (χ3n) is 3.52. The molecule has 19 heavy (non-hydrogen) atoms. The lowest BCUT2D eigenvalue weighted by Gasteiger charge is -2.34. The van der Waals surface area contributed by atoms with Crippen molar-refractivity contribution < 1.29 is 4.79 Å². The van der Waals surface area contributed by atoms with Crippen molar-refractivity contribution in [2.45, 2.75) is 13.3 Å². The highest BCUT2D eigenvalue weighted by Gasteiger charge is 2.18. The van der Waals surface area contributed by atoms with Gasteiger partial charge >= 0.3 is 0 Å². The van der Waals surface area contributed by atoms with E-state index in [2.05, 4.69) is 32.7 Å². The topological polar surface area (TPSA) is 23.6 Å². The second-order valence-corrected chi connectivity index (χ2v) is 5.97. The second kappa shape index (κ2) is 7.17. The molecule has 2 rings (SSSR count). The lowest BCUT2D eigenvalue weighted by atomic mass is 10.1. The molecule has 1 aromatic carbocycles. The summed E-state index contributed by atoms with van der Waals surface area (Å²) in [5, 5.41) is 0. The molecule has 104 valence electrons. The molecule has 0 N–H and O–H groups in total.